The van der Waals surface area contributed by atoms with Crippen LogP contribution in [0.5, 0.6) is 0 Å². The number of amides is 2. The number of rotatable bonds is 10. The van der Waals surface area contributed by atoms with Gasteiger partial charge >= 0.3 is 6.03 Å². The van der Waals surface area contributed by atoms with Gasteiger partial charge in [-0.2, -0.15) is 0 Å². The zero-order chi connectivity index (χ0) is 23.9. The minimum absolute atomic E-state index is 0.174. The number of ether oxygens (including phenoxy) is 2. The number of nitrogen functional groups attached to an aromatic ring is 1. The number of likely N-dealkylation sites (N-methyl/N-ethyl adjacent to an activating group) is 1. The van der Waals surface area contributed by atoms with Gasteiger partial charge in [-0.25, -0.2) is 14.8 Å². The molecule has 0 saturated carbocycles. The van der Waals surface area contributed by atoms with Gasteiger partial charge < -0.3 is 30.0 Å². The summed E-state index contributed by atoms with van der Waals surface area (Å²) < 4.78 is 13.3. The predicted molar refractivity (Wildman–Crippen MR) is 134 cm³/mol. The van der Waals surface area contributed by atoms with E-state index in [2.05, 4.69) is 14.9 Å². The van der Waals surface area contributed by atoms with E-state index < -0.39 is 0 Å². The van der Waals surface area contributed by atoms with Gasteiger partial charge in [0.25, 0.3) is 0 Å². The minimum Gasteiger partial charge on any atom is -0.384 e. The number of fused-ring (bicyclic) bond motifs is 3. The molecule has 2 heterocycles. The molecule has 4 rings (SSSR count). The van der Waals surface area contributed by atoms with E-state index in [0.29, 0.717) is 50.7 Å². The van der Waals surface area contributed by atoms with Gasteiger partial charge in [0.1, 0.15) is 11.3 Å². The minimum atomic E-state index is -0.174. The second-order valence-corrected chi connectivity index (χ2v) is 7.96. The van der Waals surface area contributed by atoms with E-state index in [1.807, 2.05) is 54.6 Å². The van der Waals surface area contributed by atoms with Gasteiger partial charge in [-0.15, -0.1) is 0 Å². The number of carbonyl (C=O) groups is 1. The molecule has 9 heteroatoms. The Morgan fingerprint density at radius 1 is 1.06 bits per heavy atom. The third-order valence-electron chi connectivity index (χ3n) is 5.62. The van der Waals surface area contributed by atoms with Crippen LogP contribution in [0.3, 0.4) is 0 Å². The first-order valence-electron chi connectivity index (χ1n) is 11.3. The Balaban J connectivity index is 1.41. The summed E-state index contributed by atoms with van der Waals surface area (Å²) in [6, 6.07) is 17.1. The van der Waals surface area contributed by atoms with Crippen LogP contribution in [-0.4, -0.2) is 66.0 Å². The number of nitrogens with zero attached hydrogens (tertiary/aromatic N) is 4. The number of hydrogen-bond acceptors (Lipinski definition) is 6. The normalized spacial score (nSPS) is 11.2. The molecular formula is C25H30N6O3. The van der Waals surface area contributed by atoms with E-state index in [1.165, 1.54) is 0 Å². The SMILES string of the molecule is COCCc1nc2c(N)nc3ccccc3c2n1CCOCCN(C)C(=O)Nc1ccccc1. The number of benzene rings is 2. The number of methoxy groups -OCH3 is 1. The molecule has 178 valence electrons. The Morgan fingerprint density at radius 2 is 1.82 bits per heavy atom. The summed E-state index contributed by atoms with van der Waals surface area (Å²) in [7, 11) is 3.42. The molecule has 0 aliphatic heterocycles. The molecule has 0 saturated heterocycles. The number of carbonyl (C=O) groups excluding carboxylic acids is 1. The molecule has 0 spiro atoms. The molecule has 2 aromatic heterocycles. The van der Waals surface area contributed by atoms with Gasteiger partial charge in [-0.1, -0.05) is 36.4 Å². The lowest BCUT2D eigenvalue weighted by Gasteiger charge is -2.18. The van der Waals surface area contributed by atoms with Crippen LogP contribution in [0.1, 0.15) is 5.82 Å². The van der Waals surface area contributed by atoms with Crippen molar-refractivity contribution < 1.29 is 14.3 Å². The second kappa shape index (κ2) is 11.0. The molecule has 0 fully saturated rings. The van der Waals surface area contributed by atoms with Crippen LogP contribution in [0.25, 0.3) is 21.9 Å². The van der Waals surface area contributed by atoms with E-state index in [-0.39, 0.29) is 6.03 Å². The number of pyridine rings is 1. The fraction of sp³-hybridized carbons (Fsp3) is 0.320. The van der Waals surface area contributed by atoms with E-state index in [9.17, 15) is 4.79 Å². The average Bonchev–Trinajstić information content (AvgIpc) is 3.22. The molecule has 2 aromatic carbocycles. The molecule has 0 bridgehead atoms. The third kappa shape index (κ3) is 5.27. The maximum atomic E-state index is 12.3. The molecule has 0 aliphatic carbocycles. The largest absolute Gasteiger partial charge is 0.384 e. The molecule has 9 nitrogen and oxygen atoms in total. The van der Waals surface area contributed by atoms with E-state index in [1.54, 1.807) is 19.1 Å². The second-order valence-electron chi connectivity index (χ2n) is 7.96. The Labute approximate surface area is 198 Å². The Bertz CT molecular complexity index is 1260. The van der Waals surface area contributed by atoms with E-state index in [0.717, 1.165) is 27.9 Å². The number of imidazole rings is 1. The van der Waals surface area contributed by atoms with E-state index in [4.69, 9.17) is 20.2 Å². The van der Waals surface area contributed by atoms with Crippen LogP contribution in [0.15, 0.2) is 54.6 Å². The molecule has 0 unspecified atom stereocenters. The monoisotopic (exact) mass is 462 g/mol. The summed E-state index contributed by atoms with van der Waals surface area (Å²) >= 11 is 0. The zero-order valence-corrected chi connectivity index (χ0v) is 19.5. The molecule has 0 aliphatic rings. The van der Waals surface area contributed by atoms with Crippen molar-refractivity contribution in [2.24, 2.45) is 0 Å². The van der Waals surface area contributed by atoms with Crippen molar-refractivity contribution in [2.45, 2.75) is 13.0 Å². The van der Waals surface area contributed by atoms with Gasteiger partial charge in [0.15, 0.2) is 5.82 Å². The number of anilines is 2. The summed E-state index contributed by atoms with van der Waals surface area (Å²) in [5, 5.41) is 3.86. The Hall–Kier alpha value is -3.69. The van der Waals surface area contributed by atoms with Gasteiger partial charge in [-0.3, -0.25) is 0 Å². The third-order valence-corrected chi connectivity index (χ3v) is 5.62. The summed E-state index contributed by atoms with van der Waals surface area (Å²) in [4.78, 5) is 23.2. The maximum absolute atomic E-state index is 12.3. The Kier molecular flexibility index (Phi) is 7.56. The van der Waals surface area contributed by atoms with Crippen LogP contribution in [0.2, 0.25) is 0 Å². The first kappa shape index (κ1) is 23.5. The molecule has 0 radical (unpaired) electrons. The smallest absolute Gasteiger partial charge is 0.321 e. The highest BCUT2D eigenvalue weighted by Gasteiger charge is 2.17. The first-order chi connectivity index (χ1) is 16.6. The number of aromatic nitrogens is 3. The quantitative estimate of drug-likeness (QED) is 0.349. The van der Waals surface area contributed by atoms with Crippen molar-refractivity contribution in [3.8, 4) is 0 Å². The first-order valence-corrected chi connectivity index (χ1v) is 11.3. The molecule has 4 aromatic rings. The van der Waals surface area contributed by atoms with Crippen molar-refractivity contribution >= 4 is 39.5 Å². The van der Waals surface area contributed by atoms with E-state index >= 15 is 0 Å². The molecule has 2 amide bonds. The highest BCUT2D eigenvalue weighted by Crippen LogP contribution is 2.28. The lowest BCUT2D eigenvalue weighted by Crippen LogP contribution is -2.34. The summed E-state index contributed by atoms with van der Waals surface area (Å²) in [6.07, 6.45) is 0.654. The van der Waals surface area contributed by atoms with Crippen LogP contribution in [0, 0.1) is 0 Å². The van der Waals surface area contributed by atoms with Crippen molar-refractivity contribution in [1.29, 1.82) is 0 Å². The fourth-order valence-corrected chi connectivity index (χ4v) is 3.83. The van der Waals surface area contributed by atoms with Crippen molar-refractivity contribution in [1.82, 2.24) is 19.4 Å². The summed E-state index contributed by atoms with van der Waals surface area (Å²) in [5.74, 6) is 1.29. The van der Waals surface area contributed by atoms with Gasteiger partial charge in [0.2, 0.25) is 0 Å². The molecule has 3 N–H and O–H groups in total. The fourth-order valence-electron chi connectivity index (χ4n) is 3.83. The average molecular weight is 463 g/mol. The van der Waals surface area contributed by atoms with Crippen LogP contribution < -0.4 is 11.1 Å². The summed E-state index contributed by atoms with van der Waals surface area (Å²) in [6.45, 7) is 2.51. The molecule has 34 heavy (non-hydrogen) atoms. The van der Waals surface area contributed by atoms with Gasteiger partial charge in [-0.05, 0) is 18.2 Å². The number of nitrogens with two attached hydrogens (primary N) is 1. The zero-order valence-electron chi connectivity index (χ0n) is 19.5. The van der Waals surface area contributed by atoms with Crippen molar-refractivity contribution in [2.75, 3.05) is 51.6 Å². The van der Waals surface area contributed by atoms with Gasteiger partial charge in [0.05, 0.1) is 30.9 Å². The standard InChI is InChI=1S/C25H30N6O3/c1-30(25(32)27-18-8-4-3-5-9-18)13-16-34-17-14-31-21(12-15-33-2)29-22-23(31)19-10-6-7-11-20(19)28-24(22)26/h3-11H,12-17H2,1-2H3,(H2,26,28)(H,27,32). The number of nitrogens with one attached hydrogen (secondary N) is 1. The van der Waals surface area contributed by atoms with Crippen LogP contribution in [0.4, 0.5) is 16.3 Å². The Morgan fingerprint density at radius 3 is 2.62 bits per heavy atom. The van der Waals surface area contributed by atoms with Crippen LogP contribution in [-0.2, 0) is 22.4 Å². The van der Waals surface area contributed by atoms with Crippen LogP contribution >= 0.6 is 0 Å². The molecule has 0 atom stereocenters. The lowest BCUT2D eigenvalue weighted by atomic mass is 10.2. The lowest BCUT2D eigenvalue weighted by molar-refractivity contribution is 0.111. The highest BCUT2D eigenvalue weighted by atomic mass is 16.5. The highest BCUT2D eigenvalue weighted by molar-refractivity contribution is 6.06. The number of para-hydroxylation sites is 2. The topological polar surface area (TPSA) is 108 Å². The van der Waals surface area contributed by atoms with Crippen molar-refractivity contribution in [3.63, 3.8) is 0 Å². The summed E-state index contributed by atoms with van der Waals surface area (Å²) in [5.41, 5.74) is 9.48. The van der Waals surface area contributed by atoms with Crippen molar-refractivity contribution in [3.05, 3.63) is 60.4 Å². The van der Waals surface area contributed by atoms with Gasteiger partial charge in [0, 0.05) is 44.7 Å². The maximum Gasteiger partial charge on any atom is 0.321 e. The molecular weight excluding hydrogens is 432 g/mol. The number of hydrogen-bond donors (Lipinski definition) is 2. The number of urea groups is 1. The predicted octanol–water partition coefficient (Wildman–Crippen LogP) is 3.54.